The molecule has 1 aromatic heterocycles. The van der Waals surface area contributed by atoms with Gasteiger partial charge in [-0.1, -0.05) is 6.92 Å². The van der Waals surface area contributed by atoms with Gasteiger partial charge in [0.25, 0.3) is 0 Å². The Balaban J connectivity index is 2.67. The van der Waals surface area contributed by atoms with Crippen molar-refractivity contribution in [2.75, 3.05) is 6.54 Å². The quantitative estimate of drug-likeness (QED) is 0.843. The molecule has 1 heterocycles. The zero-order chi connectivity index (χ0) is 8.27. The molecule has 0 aliphatic carbocycles. The second kappa shape index (κ2) is 3.93. The lowest BCUT2D eigenvalue weighted by Crippen LogP contribution is -2.17. The van der Waals surface area contributed by atoms with E-state index in [9.17, 15) is 0 Å². The predicted molar refractivity (Wildman–Crippen MR) is 48.5 cm³/mol. The fourth-order valence-corrected chi connectivity index (χ4v) is 1.61. The van der Waals surface area contributed by atoms with Crippen LogP contribution in [0.1, 0.15) is 25.5 Å². The maximum atomic E-state index is 5.11. The maximum Gasteiger partial charge on any atom is 0.173 e. The second-order valence-electron chi connectivity index (χ2n) is 2.43. The fourth-order valence-electron chi connectivity index (χ4n) is 1.03. The molecule has 62 valence electrons. The topological polar surface area (TPSA) is 25.2 Å². The maximum absolute atomic E-state index is 5.11. The molecule has 0 amide bonds. The zero-order valence-corrected chi connectivity index (χ0v) is 8.31. The molecule has 11 heavy (non-hydrogen) atoms. The Kier molecular flexibility index (Phi) is 3.15. The summed E-state index contributed by atoms with van der Waals surface area (Å²) in [6.07, 6.45) is 1.69. The van der Waals surface area contributed by atoms with Crippen molar-refractivity contribution in [3.63, 3.8) is 0 Å². The smallest absolute Gasteiger partial charge is 0.173 e. The summed E-state index contributed by atoms with van der Waals surface area (Å²) in [4.78, 5) is 0. The lowest BCUT2D eigenvalue weighted by molar-refractivity contribution is 0.521. The van der Waals surface area contributed by atoms with E-state index in [-0.39, 0.29) is 0 Å². The molecule has 0 fully saturated rings. The first-order valence-electron chi connectivity index (χ1n) is 3.72. The predicted octanol–water partition coefficient (Wildman–Crippen LogP) is 2.71. The fraction of sp³-hybridized carbons (Fsp3) is 0.500. The minimum Gasteiger partial charge on any atom is -0.457 e. The first-order valence-corrected chi connectivity index (χ1v) is 4.51. The van der Waals surface area contributed by atoms with Gasteiger partial charge in [0.15, 0.2) is 4.67 Å². The van der Waals surface area contributed by atoms with Gasteiger partial charge < -0.3 is 9.73 Å². The molecule has 0 aromatic carbocycles. The summed E-state index contributed by atoms with van der Waals surface area (Å²) < 4.78 is 5.93. The van der Waals surface area contributed by atoms with E-state index >= 15 is 0 Å². The molecule has 0 aliphatic rings. The van der Waals surface area contributed by atoms with Gasteiger partial charge in [0.1, 0.15) is 0 Å². The van der Waals surface area contributed by atoms with Crippen LogP contribution in [0.3, 0.4) is 0 Å². The summed E-state index contributed by atoms with van der Waals surface area (Å²) in [6.45, 7) is 5.17. The Labute approximate surface area is 75.1 Å². The molecule has 0 spiro atoms. The van der Waals surface area contributed by atoms with E-state index in [0.717, 1.165) is 11.2 Å². The van der Waals surface area contributed by atoms with Crippen molar-refractivity contribution in [1.82, 2.24) is 5.32 Å². The molecule has 0 saturated heterocycles. The van der Waals surface area contributed by atoms with Gasteiger partial charge in [0, 0.05) is 11.6 Å². The van der Waals surface area contributed by atoms with Crippen LogP contribution in [0.5, 0.6) is 0 Å². The highest BCUT2D eigenvalue weighted by molar-refractivity contribution is 9.10. The highest BCUT2D eigenvalue weighted by Crippen LogP contribution is 2.23. The van der Waals surface area contributed by atoms with E-state index in [1.165, 1.54) is 5.56 Å². The third-order valence-corrected chi connectivity index (χ3v) is 2.27. The van der Waals surface area contributed by atoms with Crippen LogP contribution in [0.2, 0.25) is 0 Å². The molecule has 0 bridgehead atoms. The largest absolute Gasteiger partial charge is 0.457 e. The van der Waals surface area contributed by atoms with Gasteiger partial charge in [-0.05, 0) is 35.5 Å². The summed E-state index contributed by atoms with van der Waals surface area (Å²) in [5.74, 6) is 0. The van der Waals surface area contributed by atoms with Crippen molar-refractivity contribution in [2.45, 2.75) is 19.9 Å². The van der Waals surface area contributed by atoms with Crippen LogP contribution in [-0.4, -0.2) is 6.54 Å². The molecule has 0 radical (unpaired) electrons. The van der Waals surface area contributed by atoms with E-state index in [1.54, 1.807) is 6.26 Å². The molecule has 1 atom stereocenters. The molecule has 0 saturated carbocycles. The van der Waals surface area contributed by atoms with Gasteiger partial charge in [-0.3, -0.25) is 0 Å². The summed E-state index contributed by atoms with van der Waals surface area (Å²) in [5.41, 5.74) is 1.17. The van der Waals surface area contributed by atoms with Crippen molar-refractivity contribution >= 4 is 15.9 Å². The second-order valence-corrected chi connectivity index (χ2v) is 3.15. The van der Waals surface area contributed by atoms with E-state index < -0.39 is 0 Å². The van der Waals surface area contributed by atoms with Crippen molar-refractivity contribution < 1.29 is 4.42 Å². The minimum absolute atomic E-state index is 0.355. The molecular formula is C8H12BrNO. The number of nitrogens with one attached hydrogen (secondary N) is 1. The van der Waals surface area contributed by atoms with Gasteiger partial charge in [0.2, 0.25) is 0 Å². The standard InChI is InChI=1S/C8H12BrNO/c1-3-10-6(2)7-4-5-11-8(7)9/h4-6,10H,3H2,1-2H3. The highest BCUT2D eigenvalue weighted by atomic mass is 79.9. The first kappa shape index (κ1) is 8.81. The molecule has 1 unspecified atom stereocenters. The van der Waals surface area contributed by atoms with E-state index in [1.807, 2.05) is 6.07 Å². The third-order valence-electron chi connectivity index (χ3n) is 1.62. The van der Waals surface area contributed by atoms with Crippen LogP contribution in [0.15, 0.2) is 21.4 Å². The molecule has 0 aliphatic heterocycles. The Morgan fingerprint density at radius 3 is 2.91 bits per heavy atom. The van der Waals surface area contributed by atoms with Gasteiger partial charge >= 0.3 is 0 Å². The summed E-state index contributed by atoms with van der Waals surface area (Å²) in [5, 5.41) is 3.30. The van der Waals surface area contributed by atoms with Crippen LogP contribution in [0, 0.1) is 0 Å². The zero-order valence-electron chi connectivity index (χ0n) is 6.73. The molecule has 2 nitrogen and oxygen atoms in total. The van der Waals surface area contributed by atoms with Crippen LogP contribution in [0.25, 0.3) is 0 Å². The lowest BCUT2D eigenvalue weighted by atomic mass is 10.2. The number of hydrogen-bond acceptors (Lipinski definition) is 2. The van der Waals surface area contributed by atoms with Crippen molar-refractivity contribution in [2.24, 2.45) is 0 Å². The summed E-state index contributed by atoms with van der Waals surface area (Å²) in [7, 11) is 0. The molecule has 1 N–H and O–H groups in total. The van der Waals surface area contributed by atoms with E-state index in [0.29, 0.717) is 6.04 Å². The Morgan fingerprint density at radius 2 is 2.45 bits per heavy atom. The molecule has 1 aromatic rings. The Bertz CT molecular complexity index is 222. The number of halogens is 1. The first-order chi connectivity index (χ1) is 5.25. The third kappa shape index (κ3) is 2.07. The number of rotatable bonds is 3. The van der Waals surface area contributed by atoms with E-state index in [4.69, 9.17) is 4.42 Å². The van der Waals surface area contributed by atoms with Crippen LogP contribution < -0.4 is 5.32 Å². The lowest BCUT2D eigenvalue weighted by Gasteiger charge is -2.09. The Hall–Kier alpha value is -0.280. The van der Waals surface area contributed by atoms with Crippen molar-refractivity contribution in [3.8, 4) is 0 Å². The van der Waals surface area contributed by atoms with Crippen LogP contribution >= 0.6 is 15.9 Å². The van der Waals surface area contributed by atoms with Gasteiger partial charge in [-0.15, -0.1) is 0 Å². The normalized spacial score (nSPS) is 13.4. The molecule has 3 heteroatoms. The number of hydrogen-bond donors (Lipinski definition) is 1. The monoisotopic (exact) mass is 217 g/mol. The average Bonchev–Trinajstić information content (AvgIpc) is 2.36. The highest BCUT2D eigenvalue weighted by Gasteiger charge is 2.09. The van der Waals surface area contributed by atoms with Crippen molar-refractivity contribution in [3.05, 3.63) is 22.6 Å². The minimum atomic E-state index is 0.355. The molecule has 1 rings (SSSR count). The van der Waals surface area contributed by atoms with Gasteiger partial charge in [-0.25, -0.2) is 0 Å². The van der Waals surface area contributed by atoms with Gasteiger partial charge in [-0.2, -0.15) is 0 Å². The Morgan fingerprint density at radius 1 is 1.73 bits per heavy atom. The van der Waals surface area contributed by atoms with E-state index in [2.05, 4.69) is 35.1 Å². The van der Waals surface area contributed by atoms with Crippen LogP contribution in [-0.2, 0) is 0 Å². The summed E-state index contributed by atoms with van der Waals surface area (Å²) >= 11 is 3.33. The van der Waals surface area contributed by atoms with Crippen molar-refractivity contribution in [1.29, 1.82) is 0 Å². The van der Waals surface area contributed by atoms with Gasteiger partial charge in [0.05, 0.1) is 6.26 Å². The average molecular weight is 218 g/mol. The SMILES string of the molecule is CCNC(C)c1ccoc1Br. The van der Waals surface area contributed by atoms with Crippen LogP contribution in [0.4, 0.5) is 0 Å². The number of furan rings is 1. The molecular weight excluding hydrogens is 206 g/mol. The summed E-state index contributed by atoms with van der Waals surface area (Å²) in [6, 6.07) is 2.32.